The number of phenols is 1. The molecule has 1 aromatic heterocycles. The number of phenolic OH excluding ortho intramolecular Hbond substituents is 1. The number of nitrogens with one attached hydrogen (secondary N) is 1. The Labute approximate surface area is 321 Å². The van der Waals surface area contributed by atoms with Gasteiger partial charge in [-0.15, -0.1) is 12.8 Å². The number of piperazine rings is 1. The lowest BCUT2D eigenvalue weighted by atomic mass is 10.0. The summed E-state index contributed by atoms with van der Waals surface area (Å²) in [5.41, 5.74) is 14.8. The summed E-state index contributed by atoms with van der Waals surface area (Å²) in [6.45, 7) is 5.42. The van der Waals surface area contributed by atoms with E-state index in [1.807, 2.05) is 117 Å². The summed E-state index contributed by atoms with van der Waals surface area (Å²) in [5, 5.41) is 17.0. The number of aromatic hydroxyl groups is 1. The summed E-state index contributed by atoms with van der Waals surface area (Å²) in [6, 6.07) is 42.9. The van der Waals surface area contributed by atoms with E-state index in [-0.39, 0.29) is 31.4 Å². The SMILES string of the molecule is C#C.C=O.Cc1ccc(O)cc1.NC1CN(Cc2cccc3ccccc23)C(=O)CN1C(=O)CN(Cc1cc(-c2ccccc2)no1)NCc1ccccc1. The van der Waals surface area contributed by atoms with Crippen LogP contribution in [0.15, 0.2) is 138 Å². The number of amides is 2. The summed E-state index contributed by atoms with van der Waals surface area (Å²) < 4.78 is 5.63. The summed E-state index contributed by atoms with van der Waals surface area (Å²) >= 11 is 0. The molecule has 2 amide bonds. The number of hydrogen-bond acceptors (Lipinski definition) is 9. The standard InChI is InChI=1S/C34H34N6O3.C7H8O.C2H2.CH2O/c35-32-22-38(20-28-16-9-15-26-12-7-8-17-30(26)28)33(41)24-40(32)34(42)23-39(36-19-25-10-3-1-4-11-25)21-29-18-31(37-43-29)27-13-5-2-6-14-27;1-6-2-4-7(8)5-3-6;2*1-2/h1-18,32,36H,19-24,35H2;2-5,8H,1H3;1-2H;1H2. The lowest BCUT2D eigenvalue weighted by Crippen LogP contribution is -2.62. The van der Waals surface area contributed by atoms with E-state index in [1.165, 1.54) is 10.5 Å². The Bertz CT molecular complexity index is 2080. The van der Waals surface area contributed by atoms with Gasteiger partial charge in [0.1, 0.15) is 24.8 Å². The van der Waals surface area contributed by atoms with Gasteiger partial charge >= 0.3 is 0 Å². The normalized spacial score (nSPS) is 13.5. The first-order valence-electron chi connectivity index (χ1n) is 17.5. The Balaban J connectivity index is 0.000000488. The average Bonchev–Trinajstić information content (AvgIpc) is 3.70. The van der Waals surface area contributed by atoms with E-state index < -0.39 is 6.17 Å². The van der Waals surface area contributed by atoms with Crippen molar-refractivity contribution in [1.82, 2.24) is 25.4 Å². The van der Waals surface area contributed by atoms with E-state index in [0.29, 0.717) is 31.1 Å². The van der Waals surface area contributed by atoms with Gasteiger partial charge < -0.3 is 30.0 Å². The fourth-order valence-corrected chi connectivity index (χ4v) is 5.94. The van der Waals surface area contributed by atoms with Crippen LogP contribution in [-0.4, -0.2) is 69.5 Å². The zero-order chi connectivity index (χ0) is 39.6. The third-order valence-electron chi connectivity index (χ3n) is 8.71. The number of hydrogen-bond donors (Lipinski definition) is 3. The van der Waals surface area contributed by atoms with Crippen molar-refractivity contribution in [1.29, 1.82) is 0 Å². The first kappa shape index (κ1) is 41.2. The van der Waals surface area contributed by atoms with Gasteiger partial charge in [0.25, 0.3) is 0 Å². The summed E-state index contributed by atoms with van der Waals surface area (Å²) in [6.07, 6.45) is 7.38. The molecule has 4 N–H and O–H groups in total. The maximum Gasteiger partial charge on any atom is 0.242 e. The van der Waals surface area contributed by atoms with Crippen molar-refractivity contribution in [2.75, 3.05) is 19.6 Å². The molecule has 1 aliphatic rings. The molecule has 282 valence electrons. The van der Waals surface area contributed by atoms with Crippen molar-refractivity contribution >= 4 is 29.4 Å². The molecule has 7 rings (SSSR count). The van der Waals surface area contributed by atoms with Gasteiger partial charge in [-0.2, -0.15) is 0 Å². The molecule has 2 heterocycles. The largest absolute Gasteiger partial charge is 0.508 e. The van der Waals surface area contributed by atoms with Crippen LogP contribution < -0.4 is 11.2 Å². The number of aryl methyl sites for hydroxylation is 1. The van der Waals surface area contributed by atoms with Crippen LogP contribution in [0.5, 0.6) is 5.75 Å². The number of carbonyl (C=O) groups excluding carboxylic acids is 3. The zero-order valence-electron chi connectivity index (χ0n) is 30.8. The fraction of sp³-hybridized carbons (Fsp3) is 0.182. The molecule has 6 aromatic rings. The Kier molecular flexibility index (Phi) is 15.9. The highest BCUT2D eigenvalue weighted by Gasteiger charge is 2.34. The molecular weight excluding hydrogens is 693 g/mol. The Hall–Kier alpha value is -6.58. The van der Waals surface area contributed by atoms with E-state index in [0.717, 1.165) is 33.2 Å². The van der Waals surface area contributed by atoms with E-state index in [1.54, 1.807) is 22.0 Å². The van der Waals surface area contributed by atoms with E-state index in [2.05, 4.69) is 41.6 Å². The van der Waals surface area contributed by atoms with Gasteiger partial charge in [0, 0.05) is 24.7 Å². The van der Waals surface area contributed by atoms with E-state index in [9.17, 15) is 9.59 Å². The van der Waals surface area contributed by atoms with Crippen LogP contribution >= 0.6 is 0 Å². The van der Waals surface area contributed by atoms with Gasteiger partial charge in [0.2, 0.25) is 11.8 Å². The van der Waals surface area contributed by atoms with Crippen LogP contribution in [0, 0.1) is 19.8 Å². The second-order valence-corrected chi connectivity index (χ2v) is 12.6. The van der Waals surface area contributed by atoms with E-state index in [4.69, 9.17) is 20.2 Å². The topological polar surface area (TPSA) is 145 Å². The van der Waals surface area contributed by atoms with Gasteiger partial charge in [-0.3, -0.25) is 9.59 Å². The fourth-order valence-electron chi connectivity index (χ4n) is 5.94. The van der Waals surface area contributed by atoms with Crippen molar-refractivity contribution in [2.24, 2.45) is 5.73 Å². The van der Waals surface area contributed by atoms with Crippen LogP contribution in [0.2, 0.25) is 0 Å². The molecule has 0 saturated carbocycles. The van der Waals surface area contributed by atoms with Crippen LogP contribution in [0.4, 0.5) is 0 Å². The second-order valence-electron chi connectivity index (χ2n) is 12.6. The highest BCUT2D eigenvalue weighted by molar-refractivity contribution is 5.89. The lowest BCUT2D eigenvalue weighted by molar-refractivity contribution is -0.150. The molecular formula is C44H46N6O5. The third-order valence-corrected chi connectivity index (χ3v) is 8.71. The average molecular weight is 739 g/mol. The molecule has 1 atom stereocenters. The molecule has 11 heteroatoms. The second kappa shape index (κ2) is 21.2. The number of aromatic nitrogens is 1. The highest BCUT2D eigenvalue weighted by atomic mass is 16.5. The third kappa shape index (κ3) is 12.0. The molecule has 55 heavy (non-hydrogen) atoms. The van der Waals surface area contributed by atoms with Crippen molar-refractivity contribution in [3.8, 4) is 29.9 Å². The summed E-state index contributed by atoms with van der Waals surface area (Å²) in [7, 11) is 0. The predicted molar refractivity (Wildman–Crippen MR) is 215 cm³/mol. The maximum atomic E-state index is 13.6. The van der Waals surface area contributed by atoms with Gasteiger partial charge in [0.05, 0.1) is 25.8 Å². The first-order chi connectivity index (χ1) is 26.8. The molecule has 1 aliphatic heterocycles. The van der Waals surface area contributed by atoms with Crippen LogP contribution in [0.1, 0.15) is 22.5 Å². The number of benzene rings is 5. The molecule has 1 fully saturated rings. The van der Waals surface area contributed by atoms with Crippen molar-refractivity contribution in [2.45, 2.75) is 32.7 Å². The van der Waals surface area contributed by atoms with Crippen LogP contribution in [0.3, 0.4) is 0 Å². The molecule has 0 aliphatic carbocycles. The Morgan fingerprint density at radius 2 is 1.56 bits per heavy atom. The Morgan fingerprint density at radius 1 is 0.927 bits per heavy atom. The summed E-state index contributed by atoms with van der Waals surface area (Å²) in [5.74, 6) is 0.562. The quantitative estimate of drug-likeness (QED) is 0.115. The highest BCUT2D eigenvalue weighted by Crippen LogP contribution is 2.22. The van der Waals surface area contributed by atoms with Crippen LogP contribution in [0.25, 0.3) is 22.0 Å². The molecule has 0 spiro atoms. The van der Waals surface area contributed by atoms with Crippen molar-refractivity contribution in [3.05, 3.63) is 156 Å². The monoisotopic (exact) mass is 738 g/mol. The molecule has 1 saturated heterocycles. The number of rotatable bonds is 10. The minimum atomic E-state index is -0.619. The smallest absolute Gasteiger partial charge is 0.242 e. The zero-order valence-corrected chi connectivity index (χ0v) is 30.8. The number of carbonyl (C=O) groups is 3. The van der Waals surface area contributed by atoms with Gasteiger partial charge in [0.15, 0.2) is 5.76 Å². The van der Waals surface area contributed by atoms with Crippen LogP contribution in [-0.2, 0) is 34.0 Å². The minimum absolute atomic E-state index is 0.00148. The minimum Gasteiger partial charge on any atom is -0.508 e. The number of terminal acetylenes is 1. The van der Waals surface area contributed by atoms with Crippen molar-refractivity contribution < 1.29 is 24.0 Å². The first-order valence-corrected chi connectivity index (χ1v) is 17.5. The Morgan fingerprint density at radius 3 is 2.25 bits per heavy atom. The van der Waals surface area contributed by atoms with E-state index >= 15 is 0 Å². The predicted octanol–water partition coefficient (Wildman–Crippen LogP) is 5.92. The number of hydrazine groups is 1. The molecule has 1 unspecified atom stereocenters. The van der Waals surface area contributed by atoms with Gasteiger partial charge in [-0.25, -0.2) is 10.4 Å². The molecule has 5 aromatic carbocycles. The molecule has 0 bridgehead atoms. The molecule has 11 nitrogen and oxygen atoms in total. The van der Waals surface area contributed by atoms with Crippen molar-refractivity contribution in [3.63, 3.8) is 0 Å². The van der Waals surface area contributed by atoms with Gasteiger partial charge in [-0.1, -0.05) is 126 Å². The summed E-state index contributed by atoms with van der Waals surface area (Å²) in [4.78, 5) is 38.0. The number of nitrogens with two attached hydrogens (primary N) is 1. The number of nitrogens with zero attached hydrogens (tertiary/aromatic N) is 4. The lowest BCUT2D eigenvalue weighted by Gasteiger charge is -2.40. The number of fused-ring (bicyclic) bond motifs is 1. The van der Waals surface area contributed by atoms with Gasteiger partial charge in [-0.05, 0) is 41.0 Å². The maximum absolute atomic E-state index is 13.6. The molecule has 0 radical (unpaired) electrons.